The van der Waals surface area contributed by atoms with Gasteiger partial charge in [-0.15, -0.1) is 11.3 Å². The summed E-state index contributed by atoms with van der Waals surface area (Å²) in [5.74, 6) is -1.33. The summed E-state index contributed by atoms with van der Waals surface area (Å²) in [7, 11) is 0. The van der Waals surface area contributed by atoms with Crippen molar-refractivity contribution in [3.8, 4) is 16.3 Å². The first-order chi connectivity index (χ1) is 15.4. The van der Waals surface area contributed by atoms with Crippen LogP contribution in [0.3, 0.4) is 0 Å². The van der Waals surface area contributed by atoms with Gasteiger partial charge in [0.05, 0.1) is 12.1 Å². The zero-order chi connectivity index (χ0) is 24.3. The number of carbonyl (C=O) groups excluding carboxylic acids is 1. The van der Waals surface area contributed by atoms with Crippen molar-refractivity contribution in [1.29, 1.82) is 0 Å². The number of benzene rings is 1. The quantitative estimate of drug-likeness (QED) is 0.514. The lowest BCUT2D eigenvalue weighted by Crippen LogP contribution is -2.28. The van der Waals surface area contributed by atoms with Gasteiger partial charge in [-0.3, -0.25) is 4.79 Å². The van der Waals surface area contributed by atoms with Crippen LogP contribution < -0.4 is 10.1 Å². The third-order valence-corrected chi connectivity index (χ3v) is 5.77. The lowest BCUT2D eigenvalue weighted by atomic mass is 10.1. The molecule has 11 heteroatoms. The fourth-order valence-corrected chi connectivity index (χ4v) is 3.55. The smallest absolute Gasteiger partial charge is 0.451 e. The van der Waals surface area contributed by atoms with Crippen LogP contribution in [0.4, 0.5) is 13.2 Å². The van der Waals surface area contributed by atoms with Crippen molar-refractivity contribution in [2.24, 2.45) is 0 Å². The van der Waals surface area contributed by atoms with E-state index >= 15 is 0 Å². The van der Waals surface area contributed by atoms with Gasteiger partial charge in [0.2, 0.25) is 5.82 Å². The summed E-state index contributed by atoms with van der Waals surface area (Å²) in [6.07, 6.45) is -2.09. The van der Waals surface area contributed by atoms with Gasteiger partial charge >= 0.3 is 6.18 Å². The first-order valence-electron chi connectivity index (χ1n) is 10.1. The maximum atomic E-state index is 13.0. The van der Waals surface area contributed by atoms with Crippen LogP contribution >= 0.6 is 11.3 Å². The third kappa shape index (κ3) is 6.26. The molecule has 0 aliphatic rings. The number of aliphatic hydroxyl groups excluding tert-OH is 1. The molecule has 0 saturated carbocycles. The summed E-state index contributed by atoms with van der Waals surface area (Å²) < 4.78 is 43.8. The number of rotatable bonds is 7. The van der Waals surface area contributed by atoms with Crippen molar-refractivity contribution in [2.45, 2.75) is 52.1 Å². The zero-order valence-corrected chi connectivity index (χ0v) is 19.2. The van der Waals surface area contributed by atoms with Crippen molar-refractivity contribution in [3.05, 3.63) is 58.6 Å². The highest BCUT2D eigenvalue weighted by Gasteiger charge is 2.34. The number of thiazole rings is 1. The Hall–Kier alpha value is -3.05. The molecule has 1 amide bonds. The number of hydrogen-bond acceptors (Lipinski definition) is 7. The second-order valence-electron chi connectivity index (χ2n) is 7.62. The highest BCUT2D eigenvalue weighted by atomic mass is 32.1. The molecule has 33 heavy (non-hydrogen) atoms. The lowest BCUT2D eigenvalue weighted by Gasteiger charge is -2.19. The molecule has 0 fully saturated rings. The molecule has 0 aliphatic carbocycles. The van der Waals surface area contributed by atoms with E-state index in [0.29, 0.717) is 21.9 Å². The minimum absolute atomic E-state index is 0.271. The maximum absolute atomic E-state index is 13.0. The molecule has 3 rings (SSSR count). The number of aromatic nitrogens is 3. The monoisotopic (exact) mass is 480 g/mol. The topological polar surface area (TPSA) is 97.2 Å². The van der Waals surface area contributed by atoms with Gasteiger partial charge in [0, 0.05) is 40.2 Å². The minimum atomic E-state index is -4.64. The van der Waals surface area contributed by atoms with Gasteiger partial charge in [-0.25, -0.2) is 15.0 Å². The molecule has 0 bridgehead atoms. The standard InChI is InChI=1S/C22H23F3N4O3S/c1-11-8-26-20(33-11)16-5-15(6-18(7-16)32-14(4)13(3)30)19(31)29-12(2)17-9-27-21(28-10-17)22(23,24)25/h5-10,12-14,30H,1-4H3,(H,29,31)/t12-,13?,14+/m1/s1. The maximum Gasteiger partial charge on any atom is 0.451 e. The van der Waals surface area contributed by atoms with Crippen molar-refractivity contribution < 1.29 is 27.8 Å². The van der Waals surface area contributed by atoms with Crippen LogP contribution in [0.2, 0.25) is 0 Å². The molecule has 7 nitrogen and oxygen atoms in total. The number of halogens is 3. The Morgan fingerprint density at radius 3 is 2.30 bits per heavy atom. The molecular formula is C22H23F3N4O3S. The number of alkyl halides is 3. The summed E-state index contributed by atoms with van der Waals surface area (Å²) in [4.78, 5) is 25.0. The highest BCUT2D eigenvalue weighted by Crippen LogP contribution is 2.30. The Morgan fingerprint density at radius 1 is 1.09 bits per heavy atom. The van der Waals surface area contributed by atoms with Crippen LogP contribution in [0.5, 0.6) is 5.75 Å². The molecule has 2 aromatic heterocycles. The molecule has 2 heterocycles. The second-order valence-corrected chi connectivity index (χ2v) is 8.85. The van der Waals surface area contributed by atoms with E-state index in [1.807, 2.05) is 6.92 Å². The number of nitrogens with one attached hydrogen (secondary N) is 1. The number of hydrogen-bond donors (Lipinski definition) is 2. The zero-order valence-electron chi connectivity index (χ0n) is 18.3. The summed E-state index contributed by atoms with van der Waals surface area (Å²) in [5.41, 5.74) is 1.26. The minimum Gasteiger partial charge on any atom is -0.488 e. The average molecular weight is 481 g/mol. The molecule has 1 unspecified atom stereocenters. The first kappa shape index (κ1) is 24.6. The molecule has 0 saturated heterocycles. The van der Waals surface area contributed by atoms with Crippen molar-refractivity contribution >= 4 is 17.2 Å². The second kappa shape index (κ2) is 9.84. The van der Waals surface area contributed by atoms with Gasteiger partial charge < -0.3 is 15.2 Å². The number of nitrogens with zero attached hydrogens (tertiary/aromatic N) is 3. The predicted octanol–water partition coefficient (Wildman–Crippen LogP) is 4.57. The van der Waals surface area contributed by atoms with Gasteiger partial charge in [-0.2, -0.15) is 13.2 Å². The summed E-state index contributed by atoms with van der Waals surface area (Å²) in [6, 6.07) is 4.28. The fraction of sp³-hybridized carbons (Fsp3) is 0.364. The Labute approximate surface area is 192 Å². The summed E-state index contributed by atoms with van der Waals surface area (Å²) in [6.45, 7) is 6.83. The van der Waals surface area contributed by atoms with Crippen molar-refractivity contribution in [2.75, 3.05) is 0 Å². The summed E-state index contributed by atoms with van der Waals surface area (Å²) >= 11 is 1.45. The van der Waals surface area contributed by atoms with Gasteiger partial charge in [0.1, 0.15) is 16.9 Å². The van der Waals surface area contributed by atoms with E-state index in [-0.39, 0.29) is 5.56 Å². The fourth-order valence-electron chi connectivity index (χ4n) is 2.79. The molecule has 0 spiro atoms. The van der Waals surface area contributed by atoms with Crippen LogP contribution in [0, 0.1) is 6.92 Å². The molecular weight excluding hydrogens is 457 g/mol. The average Bonchev–Trinajstić information content (AvgIpc) is 3.19. The normalized spacial score (nSPS) is 14.4. The van der Waals surface area contributed by atoms with Crippen molar-refractivity contribution in [1.82, 2.24) is 20.3 Å². The Morgan fingerprint density at radius 2 is 1.76 bits per heavy atom. The number of aliphatic hydroxyl groups is 1. The van der Waals surface area contributed by atoms with E-state index in [1.54, 1.807) is 39.1 Å². The summed E-state index contributed by atoms with van der Waals surface area (Å²) in [5, 5.41) is 13.2. The van der Waals surface area contributed by atoms with E-state index in [9.17, 15) is 23.1 Å². The molecule has 3 aromatic rings. The first-order valence-corrected chi connectivity index (χ1v) is 10.9. The predicted molar refractivity (Wildman–Crippen MR) is 117 cm³/mol. The van der Waals surface area contributed by atoms with E-state index in [2.05, 4.69) is 20.3 Å². The van der Waals surface area contributed by atoms with Gasteiger partial charge in [-0.1, -0.05) is 0 Å². The van der Waals surface area contributed by atoms with Crippen LogP contribution in [0.1, 0.15) is 53.4 Å². The van der Waals surface area contributed by atoms with Gasteiger partial charge in [0.15, 0.2) is 0 Å². The van der Waals surface area contributed by atoms with E-state index < -0.39 is 36.2 Å². The number of carbonyl (C=O) groups is 1. The van der Waals surface area contributed by atoms with E-state index in [1.165, 1.54) is 17.4 Å². The molecule has 2 N–H and O–H groups in total. The van der Waals surface area contributed by atoms with Gasteiger partial charge in [-0.05, 0) is 45.9 Å². The number of aryl methyl sites for hydroxylation is 1. The molecule has 176 valence electrons. The lowest BCUT2D eigenvalue weighted by molar-refractivity contribution is -0.145. The Balaban J connectivity index is 1.86. The molecule has 1 aromatic carbocycles. The van der Waals surface area contributed by atoms with Crippen LogP contribution in [-0.2, 0) is 6.18 Å². The van der Waals surface area contributed by atoms with Crippen LogP contribution in [-0.4, -0.2) is 38.2 Å². The molecule has 3 atom stereocenters. The van der Waals surface area contributed by atoms with E-state index in [4.69, 9.17) is 4.74 Å². The number of amides is 1. The van der Waals surface area contributed by atoms with E-state index in [0.717, 1.165) is 17.3 Å². The third-order valence-electron chi connectivity index (χ3n) is 4.81. The number of ether oxygens (including phenoxy) is 1. The Bertz CT molecular complexity index is 1120. The Kier molecular flexibility index (Phi) is 7.33. The SMILES string of the molecule is Cc1cnc(-c2cc(O[C@@H](C)C(C)O)cc(C(=O)N[C@H](C)c3cnc(C(F)(F)F)nc3)c2)s1. The van der Waals surface area contributed by atoms with Crippen molar-refractivity contribution in [3.63, 3.8) is 0 Å². The highest BCUT2D eigenvalue weighted by molar-refractivity contribution is 7.14. The van der Waals surface area contributed by atoms with Gasteiger partial charge in [0.25, 0.3) is 5.91 Å². The van der Waals surface area contributed by atoms with Crippen LogP contribution in [0.15, 0.2) is 36.8 Å². The molecule has 0 radical (unpaired) electrons. The molecule has 0 aliphatic heterocycles. The van der Waals surface area contributed by atoms with Crippen LogP contribution in [0.25, 0.3) is 10.6 Å². The largest absolute Gasteiger partial charge is 0.488 e.